The topological polar surface area (TPSA) is 105 Å². The van der Waals surface area contributed by atoms with Crippen LogP contribution in [0.15, 0.2) is 35.4 Å². The Morgan fingerprint density at radius 3 is 2.80 bits per heavy atom. The molecule has 0 spiro atoms. The van der Waals surface area contributed by atoms with Crippen LogP contribution < -0.4 is 9.62 Å². The summed E-state index contributed by atoms with van der Waals surface area (Å²) in [4.78, 5) is 25.7. The van der Waals surface area contributed by atoms with Crippen LogP contribution in [0.2, 0.25) is 0 Å². The van der Waals surface area contributed by atoms with Gasteiger partial charge in [-0.3, -0.25) is 4.79 Å². The molecule has 1 saturated heterocycles. The lowest BCUT2D eigenvalue weighted by molar-refractivity contribution is -0.130. The molecule has 0 saturated carbocycles. The van der Waals surface area contributed by atoms with Crippen molar-refractivity contribution in [3.8, 4) is 0 Å². The van der Waals surface area contributed by atoms with Crippen molar-refractivity contribution >= 4 is 21.9 Å². The van der Waals surface area contributed by atoms with Gasteiger partial charge in [0.15, 0.2) is 0 Å². The number of rotatable bonds is 5. The fourth-order valence-electron chi connectivity index (χ4n) is 3.56. The highest BCUT2D eigenvalue weighted by Gasteiger charge is 2.25. The summed E-state index contributed by atoms with van der Waals surface area (Å²) in [5, 5.41) is 0. The van der Waals surface area contributed by atoms with Crippen LogP contribution in [0.4, 0.5) is 5.95 Å². The Bertz CT molecular complexity index is 1040. The molecule has 30 heavy (non-hydrogen) atoms. The van der Waals surface area contributed by atoms with E-state index in [-0.39, 0.29) is 17.3 Å². The third kappa shape index (κ3) is 4.61. The summed E-state index contributed by atoms with van der Waals surface area (Å²) in [5.41, 5.74) is 2.68. The van der Waals surface area contributed by atoms with Crippen LogP contribution in [0, 0.1) is 6.92 Å². The first kappa shape index (κ1) is 20.7. The molecule has 0 radical (unpaired) electrons. The van der Waals surface area contributed by atoms with Crippen molar-refractivity contribution in [1.29, 1.82) is 0 Å². The van der Waals surface area contributed by atoms with E-state index in [1.54, 1.807) is 17.0 Å². The number of morpholine rings is 1. The molecular formula is C20H25N5O4S. The molecule has 1 amide bonds. The van der Waals surface area contributed by atoms with Crippen molar-refractivity contribution in [2.45, 2.75) is 24.8 Å². The SMILES string of the molecule is Cc1cccc(S(=O)(=O)NCC(=O)N2CCc3cnc(N4CCOCC4)nc3C2)c1. The van der Waals surface area contributed by atoms with E-state index in [9.17, 15) is 13.2 Å². The van der Waals surface area contributed by atoms with E-state index >= 15 is 0 Å². The summed E-state index contributed by atoms with van der Waals surface area (Å²) < 4.78 is 32.7. The van der Waals surface area contributed by atoms with Crippen LogP contribution in [0.1, 0.15) is 16.8 Å². The molecule has 1 aromatic heterocycles. The average molecular weight is 432 g/mol. The van der Waals surface area contributed by atoms with Gasteiger partial charge in [-0.2, -0.15) is 0 Å². The van der Waals surface area contributed by atoms with Gasteiger partial charge in [-0.15, -0.1) is 0 Å². The maximum atomic E-state index is 12.7. The molecule has 0 bridgehead atoms. The summed E-state index contributed by atoms with van der Waals surface area (Å²) in [6.07, 6.45) is 2.48. The Morgan fingerprint density at radius 2 is 2.03 bits per heavy atom. The Kier molecular flexibility index (Phi) is 5.98. The van der Waals surface area contributed by atoms with Crippen LogP contribution in [-0.2, 0) is 32.5 Å². The summed E-state index contributed by atoms with van der Waals surface area (Å²) >= 11 is 0. The van der Waals surface area contributed by atoms with E-state index in [4.69, 9.17) is 4.74 Å². The van der Waals surface area contributed by atoms with Crippen LogP contribution in [0.25, 0.3) is 0 Å². The molecule has 0 unspecified atom stereocenters. The molecule has 1 N–H and O–H groups in total. The second-order valence-electron chi connectivity index (χ2n) is 7.45. The van der Waals surface area contributed by atoms with Gasteiger partial charge >= 0.3 is 0 Å². The minimum atomic E-state index is -3.74. The number of ether oxygens (including phenoxy) is 1. The lowest BCUT2D eigenvalue weighted by Gasteiger charge is -2.30. The van der Waals surface area contributed by atoms with Crippen LogP contribution in [0.5, 0.6) is 0 Å². The number of aryl methyl sites for hydroxylation is 1. The molecule has 4 rings (SSSR count). The molecule has 3 heterocycles. The van der Waals surface area contributed by atoms with E-state index in [1.807, 2.05) is 19.2 Å². The smallest absolute Gasteiger partial charge is 0.241 e. The number of carbonyl (C=O) groups excluding carboxylic acids is 1. The molecule has 2 aliphatic heterocycles. The molecular weight excluding hydrogens is 406 g/mol. The minimum absolute atomic E-state index is 0.155. The fraction of sp³-hybridized carbons (Fsp3) is 0.450. The molecule has 0 atom stereocenters. The van der Waals surface area contributed by atoms with Gasteiger partial charge in [0, 0.05) is 25.8 Å². The van der Waals surface area contributed by atoms with E-state index < -0.39 is 10.0 Å². The van der Waals surface area contributed by atoms with Gasteiger partial charge in [0.1, 0.15) is 0 Å². The van der Waals surface area contributed by atoms with Gasteiger partial charge in [-0.25, -0.2) is 23.1 Å². The monoisotopic (exact) mass is 431 g/mol. The first-order chi connectivity index (χ1) is 14.4. The molecule has 10 heteroatoms. The molecule has 9 nitrogen and oxygen atoms in total. The van der Waals surface area contributed by atoms with E-state index in [0.717, 1.165) is 29.9 Å². The molecule has 160 valence electrons. The van der Waals surface area contributed by atoms with Crippen molar-refractivity contribution in [3.05, 3.63) is 47.3 Å². The lowest BCUT2D eigenvalue weighted by atomic mass is 10.1. The first-order valence-corrected chi connectivity index (χ1v) is 11.4. The highest BCUT2D eigenvalue weighted by molar-refractivity contribution is 7.89. The van der Waals surface area contributed by atoms with Crippen LogP contribution >= 0.6 is 0 Å². The number of sulfonamides is 1. The number of hydrogen-bond acceptors (Lipinski definition) is 7. The Labute approximate surface area is 176 Å². The Hall–Kier alpha value is -2.56. The summed E-state index contributed by atoms with van der Waals surface area (Å²) in [6.45, 7) is 5.16. The Morgan fingerprint density at radius 1 is 1.23 bits per heavy atom. The second-order valence-corrected chi connectivity index (χ2v) is 9.21. The van der Waals surface area contributed by atoms with Crippen LogP contribution in [-0.4, -0.2) is 68.6 Å². The second kappa shape index (κ2) is 8.66. The number of anilines is 1. The molecule has 1 fully saturated rings. The van der Waals surface area contributed by atoms with Crippen molar-refractivity contribution in [3.63, 3.8) is 0 Å². The molecule has 1 aromatic carbocycles. The number of benzene rings is 1. The van der Waals surface area contributed by atoms with E-state index in [1.165, 1.54) is 6.07 Å². The zero-order valence-corrected chi connectivity index (χ0v) is 17.7. The maximum Gasteiger partial charge on any atom is 0.241 e. The van der Waals surface area contributed by atoms with Gasteiger partial charge < -0.3 is 14.5 Å². The fourth-order valence-corrected chi connectivity index (χ4v) is 4.63. The average Bonchev–Trinajstić information content (AvgIpc) is 2.77. The van der Waals surface area contributed by atoms with Gasteiger partial charge in [-0.05, 0) is 36.6 Å². The van der Waals surface area contributed by atoms with Crippen molar-refractivity contribution in [1.82, 2.24) is 19.6 Å². The summed E-state index contributed by atoms with van der Waals surface area (Å²) in [7, 11) is -3.74. The summed E-state index contributed by atoms with van der Waals surface area (Å²) in [5.74, 6) is 0.370. The van der Waals surface area contributed by atoms with Gasteiger partial charge in [0.2, 0.25) is 21.9 Å². The van der Waals surface area contributed by atoms with Crippen molar-refractivity contribution < 1.29 is 17.9 Å². The van der Waals surface area contributed by atoms with Gasteiger partial charge in [0.05, 0.1) is 36.9 Å². The number of amides is 1. The van der Waals surface area contributed by atoms with Crippen molar-refractivity contribution in [2.75, 3.05) is 44.3 Å². The minimum Gasteiger partial charge on any atom is -0.378 e. The summed E-state index contributed by atoms with van der Waals surface area (Å²) in [6, 6.07) is 6.59. The lowest BCUT2D eigenvalue weighted by Crippen LogP contribution is -2.43. The molecule has 2 aromatic rings. The maximum absolute atomic E-state index is 12.7. The highest BCUT2D eigenvalue weighted by Crippen LogP contribution is 2.20. The zero-order valence-electron chi connectivity index (χ0n) is 16.9. The number of nitrogens with zero attached hydrogens (tertiary/aromatic N) is 4. The predicted molar refractivity (Wildman–Crippen MR) is 111 cm³/mol. The molecule has 2 aliphatic rings. The highest BCUT2D eigenvalue weighted by atomic mass is 32.2. The third-order valence-electron chi connectivity index (χ3n) is 5.29. The standard InChI is InChI=1S/C20H25N5O4S/c1-15-3-2-4-17(11-15)30(27,28)22-13-19(26)25-6-5-16-12-21-20(23-18(16)14-25)24-7-9-29-10-8-24/h2-4,11-12,22H,5-10,13-14H2,1H3. The number of carbonyl (C=O) groups is 1. The first-order valence-electron chi connectivity index (χ1n) is 9.94. The quantitative estimate of drug-likeness (QED) is 0.734. The third-order valence-corrected chi connectivity index (χ3v) is 6.69. The van der Waals surface area contributed by atoms with Crippen LogP contribution in [0.3, 0.4) is 0 Å². The van der Waals surface area contributed by atoms with Gasteiger partial charge in [-0.1, -0.05) is 12.1 Å². The van der Waals surface area contributed by atoms with Gasteiger partial charge in [0.25, 0.3) is 0 Å². The van der Waals surface area contributed by atoms with E-state index in [0.29, 0.717) is 38.7 Å². The number of fused-ring (bicyclic) bond motifs is 1. The normalized spacial score (nSPS) is 17.0. The number of nitrogens with one attached hydrogen (secondary N) is 1. The Balaban J connectivity index is 1.40. The van der Waals surface area contributed by atoms with Crippen molar-refractivity contribution in [2.24, 2.45) is 0 Å². The number of hydrogen-bond donors (Lipinski definition) is 1. The zero-order chi connectivity index (χ0) is 21.1. The van der Waals surface area contributed by atoms with E-state index in [2.05, 4.69) is 19.6 Å². The number of aromatic nitrogens is 2. The largest absolute Gasteiger partial charge is 0.378 e. The molecule has 0 aliphatic carbocycles. The predicted octanol–water partition coefficient (Wildman–Crippen LogP) is 0.485.